The lowest BCUT2D eigenvalue weighted by Crippen LogP contribution is -2.17. The van der Waals surface area contributed by atoms with Crippen molar-refractivity contribution in [2.75, 3.05) is 7.11 Å². The van der Waals surface area contributed by atoms with Crippen LogP contribution in [-0.2, 0) is 6.54 Å². The summed E-state index contributed by atoms with van der Waals surface area (Å²) >= 11 is 1.44. The lowest BCUT2D eigenvalue weighted by molar-refractivity contribution is 0.101. The number of ether oxygens (including phenoxy) is 1. The van der Waals surface area contributed by atoms with Crippen LogP contribution < -0.4 is 10.5 Å². The van der Waals surface area contributed by atoms with Crippen molar-refractivity contribution in [3.05, 3.63) is 57.4 Å². The van der Waals surface area contributed by atoms with Crippen molar-refractivity contribution in [3.63, 3.8) is 0 Å². The lowest BCUT2D eigenvalue weighted by Gasteiger charge is -2.09. The summed E-state index contributed by atoms with van der Waals surface area (Å²) in [7, 11) is 1.54. The van der Waals surface area contributed by atoms with E-state index < -0.39 is 5.76 Å². The first-order valence-electron chi connectivity index (χ1n) is 6.88. The van der Waals surface area contributed by atoms with Gasteiger partial charge in [0, 0.05) is 11.1 Å². The Morgan fingerprint density at radius 2 is 2.22 bits per heavy atom. The second-order valence-electron chi connectivity index (χ2n) is 4.89. The van der Waals surface area contributed by atoms with E-state index in [0.29, 0.717) is 16.9 Å². The minimum atomic E-state index is -0.552. The van der Waals surface area contributed by atoms with E-state index in [1.807, 2.05) is 17.5 Å². The van der Waals surface area contributed by atoms with Gasteiger partial charge in [-0.05, 0) is 36.6 Å². The Labute approximate surface area is 135 Å². The zero-order valence-corrected chi connectivity index (χ0v) is 13.4. The molecule has 0 radical (unpaired) electrons. The van der Waals surface area contributed by atoms with Crippen LogP contribution in [0.15, 0.2) is 44.9 Å². The highest BCUT2D eigenvalue weighted by atomic mass is 32.1. The summed E-state index contributed by atoms with van der Waals surface area (Å²) in [4.78, 5) is 24.3. The molecule has 23 heavy (non-hydrogen) atoms. The Morgan fingerprint density at radius 3 is 2.87 bits per heavy atom. The SMILES string of the molecule is COc1ccc(C(C)=O)cc1Cn1nc(-c2cccs2)oc1=O. The van der Waals surface area contributed by atoms with Gasteiger partial charge in [-0.1, -0.05) is 6.07 Å². The number of nitrogens with zero attached hydrogens (tertiary/aromatic N) is 2. The molecule has 0 fully saturated rings. The van der Waals surface area contributed by atoms with Crippen LogP contribution in [0.4, 0.5) is 0 Å². The number of methoxy groups -OCH3 is 1. The summed E-state index contributed by atoms with van der Waals surface area (Å²) in [6, 6.07) is 8.79. The molecule has 1 aromatic carbocycles. The summed E-state index contributed by atoms with van der Waals surface area (Å²) in [5, 5.41) is 6.09. The summed E-state index contributed by atoms with van der Waals surface area (Å²) in [6.45, 7) is 1.65. The van der Waals surface area contributed by atoms with Gasteiger partial charge < -0.3 is 9.15 Å². The molecule has 0 bridgehead atoms. The molecule has 0 saturated carbocycles. The van der Waals surface area contributed by atoms with Crippen LogP contribution in [0.2, 0.25) is 0 Å². The zero-order valence-electron chi connectivity index (χ0n) is 12.6. The monoisotopic (exact) mass is 330 g/mol. The molecule has 0 amide bonds. The smallest absolute Gasteiger partial charge is 0.437 e. The molecule has 2 aromatic heterocycles. The lowest BCUT2D eigenvalue weighted by atomic mass is 10.1. The maximum absolute atomic E-state index is 12.0. The molecule has 7 heteroatoms. The van der Waals surface area contributed by atoms with E-state index in [1.54, 1.807) is 18.2 Å². The van der Waals surface area contributed by atoms with Crippen molar-refractivity contribution < 1.29 is 13.9 Å². The van der Waals surface area contributed by atoms with Crippen molar-refractivity contribution in [2.24, 2.45) is 0 Å². The number of ketones is 1. The van der Waals surface area contributed by atoms with Gasteiger partial charge in [0.15, 0.2) is 5.78 Å². The van der Waals surface area contributed by atoms with Crippen LogP contribution >= 0.6 is 11.3 Å². The third-order valence-electron chi connectivity index (χ3n) is 3.35. The van der Waals surface area contributed by atoms with Gasteiger partial charge in [-0.15, -0.1) is 16.4 Å². The van der Waals surface area contributed by atoms with Gasteiger partial charge in [0.2, 0.25) is 0 Å². The molecule has 2 heterocycles. The number of benzene rings is 1. The fourth-order valence-electron chi connectivity index (χ4n) is 2.19. The van der Waals surface area contributed by atoms with Crippen molar-refractivity contribution in [1.29, 1.82) is 0 Å². The van der Waals surface area contributed by atoms with Gasteiger partial charge in [-0.3, -0.25) is 4.79 Å². The Balaban J connectivity index is 1.97. The molecule has 0 N–H and O–H groups in total. The molecular formula is C16H14N2O4S. The number of aromatic nitrogens is 2. The molecule has 0 spiro atoms. The maximum Gasteiger partial charge on any atom is 0.437 e. The van der Waals surface area contributed by atoms with Crippen LogP contribution in [0.3, 0.4) is 0 Å². The fraction of sp³-hybridized carbons (Fsp3) is 0.188. The number of carbonyl (C=O) groups is 1. The van der Waals surface area contributed by atoms with Crippen molar-refractivity contribution in [1.82, 2.24) is 9.78 Å². The largest absolute Gasteiger partial charge is 0.496 e. The summed E-state index contributed by atoms with van der Waals surface area (Å²) in [5.41, 5.74) is 1.24. The summed E-state index contributed by atoms with van der Waals surface area (Å²) in [5.74, 6) is 0.263. The number of Topliss-reactive ketones (excluding diaryl/α,β-unsaturated/α-hetero) is 1. The third kappa shape index (κ3) is 3.09. The second-order valence-corrected chi connectivity index (χ2v) is 5.84. The molecule has 0 saturated heterocycles. The molecule has 0 aliphatic carbocycles. The molecule has 118 valence electrons. The summed E-state index contributed by atoms with van der Waals surface area (Å²) in [6.07, 6.45) is 0. The highest BCUT2D eigenvalue weighted by molar-refractivity contribution is 7.13. The minimum Gasteiger partial charge on any atom is -0.496 e. The Hall–Kier alpha value is -2.67. The van der Waals surface area contributed by atoms with Gasteiger partial charge in [-0.2, -0.15) is 4.68 Å². The van der Waals surface area contributed by atoms with Gasteiger partial charge in [0.25, 0.3) is 5.89 Å². The average Bonchev–Trinajstić information content (AvgIpc) is 3.17. The van der Waals surface area contributed by atoms with Crippen LogP contribution in [0.25, 0.3) is 10.8 Å². The molecule has 3 rings (SSSR count). The quantitative estimate of drug-likeness (QED) is 0.673. The Bertz CT molecular complexity index is 893. The molecular weight excluding hydrogens is 316 g/mol. The number of rotatable bonds is 5. The Morgan fingerprint density at radius 1 is 1.39 bits per heavy atom. The minimum absolute atomic E-state index is 0.0549. The summed E-state index contributed by atoms with van der Waals surface area (Å²) < 4.78 is 11.7. The topological polar surface area (TPSA) is 74.3 Å². The van der Waals surface area contributed by atoms with Crippen LogP contribution in [0.1, 0.15) is 22.8 Å². The number of hydrogen-bond donors (Lipinski definition) is 0. The van der Waals surface area contributed by atoms with Crippen LogP contribution in [0, 0.1) is 0 Å². The van der Waals surface area contributed by atoms with E-state index >= 15 is 0 Å². The van der Waals surface area contributed by atoms with Gasteiger partial charge in [0.1, 0.15) is 5.75 Å². The van der Waals surface area contributed by atoms with Crippen molar-refractivity contribution in [3.8, 4) is 16.5 Å². The normalized spacial score (nSPS) is 10.7. The van der Waals surface area contributed by atoms with Crippen LogP contribution in [-0.4, -0.2) is 22.7 Å². The first-order valence-corrected chi connectivity index (χ1v) is 7.76. The predicted molar refractivity (Wildman–Crippen MR) is 86.2 cm³/mol. The molecule has 0 aliphatic heterocycles. The number of hydrogen-bond acceptors (Lipinski definition) is 6. The van der Waals surface area contributed by atoms with E-state index in [4.69, 9.17) is 9.15 Å². The highest BCUT2D eigenvalue weighted by Crippen LogP contribution is 2.23. The first kappa shape index (κ1) is 15.2. The second kappa shape index (κ2) is 6.21. The molecule has 0 atom stereocenters. The highest BCUT2D eigenvalue weighted by Gasteiger charge is 2.14. The van der Waals surface area contributed by atoms with E-state index in [-0.39, 0.29) is 18.2 Å². The van der Waals surface area contributed by atoms with E-state index in [1.165, 1.54) is 30.1 Å². The Kier molecular flexibility index (Phi) is 4.12. The van der Waals surface area contributed by atoms with E-state index in [9.17, 15) is 9.59 Å². The molecule has 0 aliphatic rings. The fourth-order valence-corrected chi connectivity index (χ4v) is 2.83. The molecule has 0 unspecified atom stereocenters. The number of carbonyl (C=O) groups excluding carboxylic acids is 1. The van der Waals surface area contributed by atoms with E-state index in [2.05, 4.69) is 5.10 Å². The standard InChI is InChI=1S/C16H14N2O4S/c1-10(19)11-5-6-13(21-2)12(8-11)9-18-16(20)22-15(17-18)14-4-3-7-23-14/h3-8H,9H2,1-2H3. The molecule has 3 aromatic rings. The van der Waals surface area contributed by atoms with Gasteiger partial charge in [-0.25, -0.2) is 4.79 Å². The van der Waals surface area contributed by atoms with Gasteiger partial charge in [0.05, 0.1) is 18.5 Å². The van der Waals surface area contributed by atoms with Crippen molar-refractivity contribution in [2.45, 2.75) is 13.5 Å². The third-order valence-corrected chi connectivity index (χ3v) is 4.20. The predicted octanol–water partition coefficient (Wildman–Crippen LogP) is 2.82. The van der Waals surface area contributed by atoms with E-state index in [0.717, 1.165) is 4.88 Å². The maximum atomic E-state index is 12.0. The van der Waals surface area contributed by atoms with Gasteiger partial charge >= 0.3 is 5.76 Å². The number of thiophene rings is 1. The first-order chi connectivity index (χ1) is 11.1. The average molecular weight is 330 g/mol. The van der Waals surface area contributed by atoms with Crippen LogP contribution in [0.5, 0.6) is 5.75 Å². The molecule has 6 nitrogen and oxygen atoms in total. The zero-order chi connectivity index (χ0) is 16.4. The van der Waals surface area contributed by atoms with Crippen molar-refractivity contribution >= 4 is 17.1 Å².